The number of hydrogen-bond donors (Lipinski definition) is 1. The van der Waals surface area contributed by atoms with Gasteiger partial charge in [0.2, 0.25) is 0 Å². The number of carbonyl (C=O) groups excluding carboxylic acids is 3. The second kappa shape index (κ2) is 5.54. The average Bonchev–Trinajstić information content (AvgIpc) is 2.66. The number of rotatable bonds is 5. The molecule has 0 radical (unpaired) electrons. The summed E-state index contributed by atoms with van der Waals surface area (Å²) in [6.07, 6.45) is 0.355. The number of fused-ring (bicyclic) bond motifs is 1. The van der Waals surface area contributed by atoms with E-state index in [9.17, 15) is 14.4 Å². The monoisotopic (exact) mass is 283 g/mol. The lowest BCUT2D eigenvalue weighted by Crippen LogP contribution is -2.20. The van der Waals surface area contributed by atoms with Crippen LogP contribution in [0, 0.1) is 0 Å². The summed E-state index contributed by atoms with van der Waals surface area (Å²) in [4.78, 5) is 34.9. The number of alkyl halides is 1. The van der Waals surface area contributed by atoms with Gasteiger partial charge in [0.05, 0.1) is 17.0 Å². The summed E-state index contributed by atoms with van der Waals surface area (Å²) in [7, 11) is 0. The van der Waals surface area contributed by atoms with Gasteiger partial charge < -0.3 is 0 Å². The maximum atomic E-state index is 11.6. The fraction of sp³-hybridized carbons (Fsp3) is 0.250. The van der Waals surface area contributed by atoms with Gasteiger partial charge in [-0.05, 0) is 12.1 Å². The fourth-order valence-electron chi connectivity index (χ4n) is 1.65. The predicted octanol–water partition coefficient (Wildman–Crippen LogP) is 1.86. The first-order chi connectivity index (χ1) is 8.63. The Morgan fingerprint density at radius 1 is 1.28 bits per heavy atom. The van der Waals surface area contributed by atoms with Crippen molar-refractivity contribution in [2.75, 3.05) is 11.6 Å². The highest BCUT2D eigenvalue weighted by Gasteiger charge is 2.29. The molecule has 0 spiro atoms. The van der Waals surface area contributed by atoms with Gasteiger partial charge in [0.25, 0.3) is 11.8 Å². The number of imide groups is 1. The molecule has 2 rings (SSSR count). The van der Waals surface area contributed by atoms with E-state index < -0.39 is 0 Å². The maximum absolute atomic E-state index is 11.6. The molecule has 1 heterocycles. The molecule has 18 heavy (non-hydrogen) atoms. The van der Waals surface area contributed by atoms with E-state index in [-0.39, 0.29) is 23.5 Å². The molecule has 0 atom stereocenters. The molecule has 4 nitrogen and oxygen atoms in total. The van der Waals surface area contributed by atoms with E-state index in [1.165, 1.54) is 11.8 Å². The second-order valence-electron chi connectivity index (χ2n) is 3.73. The lowest BCUT2D eigenvalue weighted by Gasteiger charge is -2.04. The molecule has 0 aromatic heterocycles. The van der Waals surface area contributed by atoms with Gasteiger partial charge in [0.15, 0.2) is 0 Å². The number of Topliss-reactive ketones (excluding diaryl/α,β-unsaturated/α-hetero) is 1. The van der Waals surface area contributed by atoms with Crippen LogP contribution in [-0.2, 0) is 4.79 Å². The average molecular weight is 284 g/mol. The topological polar surface area (TPSA) is 63.2 Å². The van der Waals surface area contributed by atoms with Gasteiger partial charge >= 0.3 is 0 Å². The summed E-state index contributed by atoms with van der Waals surface area (Å²) in [5.41, 5.74) is 0.805. The molecule has 1 aromatic carbocycles. The number of hydrogen-bond acceptors (Lipinski definition) is 4. The fourth-order valence-corrected chi connectivity index (χ4v) is 2.85. The van der Waals surface area contributed by atoms with E-state index in [4.69, 9.17) is 11.6 Å². The molecule has 1 aromatic rings. The highest BCUT2D eigenvalue weighted by molar-refractivity contribution is 7.99. The van der Waals surface area contributed by atoms with E-state index in [1.807, 2.05) is 0 Å². The molecule has 0 aliphatic carbocycles. The molecule has 2 amide bonds. The van der Waals surface area contributed by atoms with Crippen molar-refractivity contribution in [1.29, 1.82) is 0 Å². The predicted molar refractivity (Wildman–Crippen MR) is 69.3 cm³/mol. The first-order valence-corrected chi connectivity index (χ1v) is 6.84. The Morgan fingerprint density at radius 3 is 2.78 bits per heavy atom. The van der Waals surface area contributed by atoms with Crippen LogP contribution in [0.25, 0.3) is 0 Å². The number of thioether (sulfide) groups is 1. The SMILES string of the molecule is O=C(CCl)CCSc1cccc2c1C(=O)NC2=O. The molecular formula is C12H10ClNO3S. The summed E-state index contributed by atoms with van der Waals surface area (Å²) >= 11 is 6.78. The van der Waals surface area contributed by atoms with E-state index in [0.29, 0.717) is 23.3 Å². The van der Waals surface area contributed by atoms with Gasteiger partial charge in [-0.1, -0.05) is 6.07 Å². The minimum absolute atomic E-state index is 0.00638. The smallest absolute Gasteiger partial charge is 0.260 e. The standard InChI is InChI=1S/C12H10ClNO3S/c13-6-7(15)4-5-18-9-3-1-2-8-10(9)12(17)14-11(8)16/h1-3H,4-6H2,(H,14,16,17). The maximum Gasteiger partial charge on any atom is 0.260 e. The van der Waals surface area contributed by atoms with Crippen LogP contribution in [-0.4, -0.2) is 29.2 Å². The molecule has 0 bridgehead atoms. The number of nitrogens with one attached hydrogen (secondary N) is 1. The Balaban J connectivity index is 2.13. The molecule has 0 unspecified atom stereocenters. The quantitative estimate of drug-likeness (QED) is 0.509. The van der Waals surface area contributed by atoms with Crippen molar-refractivity contribution < 1.29 is 14.4 Å². The number of benzene rings is 1. The van der Waals surface area contributed by atoms with Gasteiger partial charge in [0, 0.05) is 17.1 Å². The van der Waals surface area contributed by atoms with Crippen molar-refractivity contribution in [3.63, 3.8) is 0 Å². The summed E-state index contributed by atoms with van der Waals surface area (Å²) in [6.45, 7) is 0. The third-order valence-corrected chi connectivity index (χ3v) is 3.87. The summed E-state index contributed by atoms with van der Waals surface area (Å²) in [6, 6.07) is 5.11. The molecule has 94 valence electrons. The summed E-state index contributed by atoms with van der Waals surface area (Å²) < 4.78 is 0. The van der Waals surface area contributed by atoms with E-state index in [1.54, 1.807) is 18.2 Å². The first-order valence-electron chi connectivity index (χ1n) is 5.32. The normalized spacial score (nSPS) is 13.4. The molecule has 6 heteroatoms. The molecule has 0 saturated carbocycles. The molecule has 1 aliphatic heterocycles. The van der Waals surface area contributed by atoms with Crippen molar-refractivity contribution in [3.8, 4) is 0 Å². The zero-order valence-corrected chi connectivity index (χ0v) is 10.9. The molecular weight excluding hydrogens is 274 g/mol. The highest BCUT2D eigenvalue weighted by Crippen LogP contribution is 2.28. The number of carbonyl (C=O) groups is 3. The Kier molecular flexibility index (Phi) is 4.04. The van der Waals surface area contributed by atoms with Crippen LogP contribution in [0.2, 0.25) is 0 Å². The van der Waals surface area contributed by atoms with Crippen LogP contribution in [0.1, 0.15) is 27.1 Å². The number of amides is 2. The largest absolute Gasteiger partial charge is 0.298 e. The first kappa shape index (κ1) is 13.1. The minimum atomic E-state index is -0.373. The van der Waals surface area contributed by atoms with Crippen LogP contribution >= 0.6 is 23.4 Å². The van der Waals surface area contributed by atoms with E-state index in [0.717, 1.165) is 4.90 Å². The summed E-state index contributed by atoms with van der Waals surface area (Å²) in [5, 5.41) is 2.25. The Morgan fingerprint density at radius 2 is 2.06 bits per heavy atom. The van der Waals surface area contributed by atoms with Crippen LogP contribution in [0.5, 0.6) is 0 Å². The molecule has 0 saturated heterocycles. The lowest BCUT2D eigenvalue weighted by molar-refractivity contribution is -0.116. The van der Waals surface area contributed by atoms with Crippen LogP contribution in [0.4, 0.5) is 0 Å². The molecule has 1 N–H and O–H groups in total. The number of ketones is 1. The van der Waals surface area contributed by atoms with Crippen molar-refractivity contribution in [3.05, 3.63) is 29.3 Å². The second-order valence-corrected chi connectivity index (χ2v) is 5.14. The van der Waals surface area contributed by atoms with Gasteiger partial charge in [-0.25, -0.2) is 0 Å². The minimum Gasteiger partial charge on any atom is -0.298 e. The van der Waals surface area contributed by atoms with Crippen LogP contribution in [0.15, 0.2) is 23.1 Å². The Bertz CT molecular complexity index is 530. The molecule has 0 fully saturated rings. The zero-order valence-electron chi connectivity index (χ0n) is 9.36. The third kappa shape index (κ3) is 2.57. The van der Waals surface area contributed by atoms with Crippen molar-refractivity contribution in [1.82, 2.24) is 5.32 Å². The lowest BCUT2D eigenvalue weighted by atomic mass is 10.1. The van der Waals surface area contributed by atoms with Gasteiger partial charge in [-0.15, -0.1) is 23.4 Å². The third-order valence-electron chi connectivity index (χ3n) is 2.51. The van der Waals surface area contributed by atoms with Crippen LogP contribution in [0.3, 0.4) is 0 Å². The number of halogens is 1. The summed E-state index contributed by atoms with van der Waals surface area (Å²) in [5.74, 6) is -0.219. The van der Waals surface area contributed by atoms with E-state index in [2.05, 4.69) is 5.32 Å². The van der Waals surface area contributed by atoms with Gasteiger partial charge in [-0.2, -0.15) is 0 Å². The van der Waals surface area contributed by atoms with Crippen molar-refractivity contribution in [2.24, 2.45) is 0 Å². The highest BCUT2D eigenvalue weighted by atomic mass is 35.5. The van der Waals surface area contributed by atoms with Gasteiger partial charge in [0.1, 0.15) is 5.78 Å². The Labute approximate surface area is 113 Å². The zero-order chi connectivity index (χ0) is 13.1. The van der Waals surface area contributed by atoms with Crippen molar-refractivity contribution >= 4 is 41.0 Å². The Hall–Kier alpha value is -1.33. The van der Waals surface area contributed by atoms with Crippen LogP contribution < -0.4 is 5.32 Å². The molecule has 1 aliphatic rings. The van der Waals surface area contributed by atoms with Gasteiger partial charge in [-0.3, -0.25) is 19.7 Å². The van der Waals surface area contributed by atoms with Crippen molar-refractivity contribution in [2.45, 2.75) is 11.3 Å². The van der Waals surface area contributed by atoms with E-state index >= 15 is 0 Å².